The predicted molar refractivity (Wildman–Crippen MR) is 165 cm³/mol. The van der Waals surface area contributed by atoms with Crippen molar-refractivity contribution >= 4 is 40.9 Å². The Balaban J connectivity index is 1.48. The normalized spacial score (nSPS) is 19.2. The second-order valence-electron chi connectivity index (χ2n) is 12.7. The number of carboxylic acids is 1. The van der Waals surface area contributed by atoms with Crippen molar-refractivity contribution in [2.24, 2.45) is 5.41 Å². The Labute approximate surface area is 269 Å². The van der Waals surface area contributed by atoms with Gasteiger partial charge in [-0.1, -0.05) is 32.9 Å². The van der Waals surface area contributed by atoms with E-state index in [1.807, 2.05) is 13.0 Å². The standard InChI is InChI=1S/C31H40FN5O8S/c1-17-25(46-16-35-17)18-5-6-19(22(11-18)45-15-23(39)33-10-7-24(40)41)13-34-27(42)21-12-20(38)14-37(21)28(43)26(30(2,3)4)36-29(44)31(32)8-9-31/h5-6,11,16,20-21,26,38H,7-10,12-15H2,1-4H3,(H,33,39)(H,34,42)(H,36,44)(H,40,41)/t20-,21+,26-/m1/s1. The minimum absolute atomic E-state index is 0.0289. The largest absolute Gasteiger partial charge is 0.483 e. The van der Waals surface area contributed by atoms with Gasteiger partial charge < -0.3 is 35.8 Å². The molecule has 4 amide bonds. The molecule has 1 aliphatic heterocycles. The summed E-state index contributed by atoms with van der Waals surface area (Å²) in [5.74, 6) is -3.27. The third-order valence-electron chi connectivity index (χ3n) is 7.90. The molecule has 2 fully saturated rings. The number of benzene rings is 1. The van der Waals surface area contributed by atoms with Crippen LogP contribution in [0.4, 0.5) is 4.39 Å². The molecule has 13 nitrogen and oxygen atoms in total. The number of hydrogen-bond donors (Lipinski definition) is 5. The minimum Gasteiger partial charge on any atom is -0.483 e. The number of alkyl halides is 1. The number of likely N-dealkylation sites (tertiary alicyclic amines) is 1. The molecule has 2 aromatic rings. The summed E-state index contributed by atoms with van der Waals surface area (Å²) in [6.45, 7) is 6.39. The van der Waals surface area contributed by atoms with Crippen LogP contribution in [0.1, 0.15) is 57.7 Å². The summed E-state index contributed by atoms with van der Waals surface area (Å²) in [7, 11) is 0. The van der Waals surface area contributed by atoms with Crippen LogP contribution in [0.15, 0.2) is 23.7 Å². The Morgan fingerprint density at radius 2 is 1.91 bits per heavy atom. The predicted octanol–water partition coefficient (Wildman–Crippen LogP) is 1.70. The Morgan fingerprint density at radius 1 is 1.20 bits per heavy atom. The fourth-order valence-electron chi connectivity index (χ4n) is 5.08. The molecule has 5 N–H and O–H groups in total. The SMILES string of the molecule is Cc1ncsc1-c1ccc(CNC(=O)[C@@H]2C[C@@H](O)CN2C(=O)[C@@H](NC(=O)C2(F)CC2)C(C)(C)C)c(OCC(=O)NCCC(=O)O)c1. The number of β-amino-alcohol motifs (C(OH)–C–C–N with tert-alkyl or cyclic N) is 1. The van der Waals surface area contributed by atoms with Gasteiger partial charge in [0.2, 0.25) is 11.8 Å². The number of nitrogens with zero attached hydrogens (tertiary/aromatic N) is 2. The molecular formula is C31H40FN5O8S. The Bertz CT molecular complexity index is 1490. The fourth-order valence-corrected chi connectivity index (χ4v) is 5.88. The highest BCUT2D eigenvalue weighted by atomic mass is 32.1. The zero-order valence-electron chi connectivity index (χ0n) is 26.2. The first-order valence-corrected chi connectivity index (χ1v) is 15.9. The van der Waals surface area contributed by atoms with Gasteiger partial charge in [0.25, 0.3) is 11.8 Å². The first-order valence-electron chi connectivity index (χ1n) is 15.0. The molecule has 2 aliphatic rings. The fraction of sp³-hybridized carbons (Fsp3) is 0.548. The molecule has 1 aromatic heterocycles. The number of rotatable bonds is 13. The molecule has 1 aromatic carbocycles. The number of ether oxygens (including phenoxy) is 1. The minimum atomic E-state index is -1.99. The van der Waals surface area contributed by atoms with Gasteiger partial charge in [-0.25, -0.2) is 9.37 Å². The molecule has 2 heterocycles. The monoisotopic (exact) mass is 661 g/mol. The maximum atomic E-state index is 14.5. The summed E-state index contributed by atoms with van der Waals surface area (Å²) in [5.41, 5.74) is 1.01. The molecule has 1 saturated carbocycles. The number of carbonyl (C=O) groups is 5. The number of aromatic nitrogens is 1. The summed E-state index contributed by atoms with van der Waals surface area (Å²) >= 11 is 1.43. The highest BCUT2D eigenvalue weighted by molar-refractivity contribution is 7.13. The van der Waals surface area contributed by atoms with Gasteiger partial charge in [0.1, 0.15) is 17.8 Å². The van der Waals surface area contributed by atoms with E-state index in [2.05, 4.69) is 20.9 Å². The van der Waals surface area contributed by atoms with Crippen molar-refractivity contribution in [1.82, 2.24) is 25.8 Å². The molecule has 1 aliphatic carbocycles. The van der Waals surface area contributed by atoms with E-state index in [-0.39, 0.29) is 45.3 Å². The van der Waals surface area contributed by atoms with Gasteiger partial charge in [0, 0.05) is 31.6 Å². The van der Waals surface area contributed by atoms with Crippen LogP contribution in [-0.2, 0) is 30.5 Å². The van der Waals surface area contributed by atoms with Gasteiger partial charge in [-0.3, -0.25) is 24.0 Å². The third-order valence-corrected chi connectivity index (χ3v) is 8.87. The van der Waals surface area contributed by atoms with Gasteiger partial charge in [-0.05, 0) is 36.8 Å². The number of amides is 4. The average molecular weight is 662 g/mol. The molecule has 1 saturated heterocycles. The summed E-state index contributed by atoms with van der Waals surface area (Å²) in [6, 6.07) is 3.10. The molecule has 0 radical (unpaired) electrons. The molecule has 0 spiro atoms. The number of nitrogens with one attached hydrogen (secondary N) is 3. The van der Waals surface area contributed by atoms with Crippen molar-refractivity contribution < 1.29 is 43.3 Å². The summed E-state index contributed by atoms with van der Waals surface area (Å²) < 4.78 is 20.3. The number of carboxylic acid groups (broad SMARTS) is 1. The van der Waals surface area contributed by atoms with Crippen molar-refractivity contribution in [3.63, 3.8) is 0 Å². The molecule has 4 rings (SSSR count). The Morgan fingerprint density at radius 3 is 2.52 bits per heavy atom. The van der Waals surface area contributed by atoms with Crippen molar-refractivity contribution in [2.45, 2.75) is 83.8 Å². The third kappa shape index (κ3) is 8.57. The number of aliphatic carboxylic acids is 1. The van der Waals surface area contributed by atoms with E-state index in [9.17, 15) is 33.5 Å². The van der Waals surface area contributed by atoms with Crippen molar-refractivity contribution in [3.05, 3.63) is 35.0 Å². The maximum Gasteiger partial charge on any atom is 0.305 e. The number of thiazole rings is 1. The lowest BCUT2D eigenvalue weighted by Crippen LogP contribution is -2.59. The van der Waals surface area contributed by atoms with E-state index in [1.165, 1.54) is 16.2 Å². The van der Waals surface area contributed by atoms with Crippen LogP contribution in [0, 0.1) is 12.3 Å². The lowest BCUT2D eigenvalue weighted by Gasteiger charge is -2.35. The lowest BCUT2D eigenvalue weighted by atomic mass is 9.85. The van der Waals surface area contributed by atoms with E-state index in [1.54, 1.807) is 38.4 Å². The number of carbonyl (C=O) groups excluding carboxylic acids is 4. The van der Waals surface area contributed by atoms with Gasteiger partial charge >= 0.3 is 5.97 Å². The average Bonchev–Trinajstić information content (AvgIpc) is 3.39. The topological polar surface area (TPSA) is 187 Å². The molecule has 46 heavy (non-hydrogen) atoms. The molecule has 0 unspecified atom stereocenters. The van der Waals surface area contributed by atoms with Crippen LogP contribution in [0.2, 0.25) is 0 Å². The number of aryl methyl sites for hydroxylation is 1. The molecule has 15 heteroatoms. The van der Waals surface area contributed by atoms with Crippen molar-refractivity contribution in [1.29, 1.82) is 0 Å². The van der Waals surface area contributed by atoms with Crippen LogP contribution in [0.25, 0.3) is 10.4 Å². The van der Waals surface area contributed by atoms with Crippen LogP contribution >= 0.6 is 11.3 Å². The molecule has 250 valence electrons. The van der Waals surface area contributed by atoms with E-state index < -0.39 is 65.5 Å². The van der Waals surface area contributed by atoms with E-state index in [0.29, 0.717) is 11.3 Å². The molecule has 3 atom stereocenters. The van der Waals surface area contributed by atoms with Crippen LogP contribution in [0.5, 0.6) is 5.75 Å². The zero-order valence-corrected chi connectivity index (χ0v) is 27.0. The van der Waals surface area contributed by atoms with Crippen LogP contribution < -0.4 is 20.7 Å². The highest BCUT2D eigenvalue weighted by Crippen LogP contribution is 2.40. The quantitative estimate of drug-likeness (QED) is 0.213. The summed E-state index contributed by atoms with van der Waals surface area (Å²) in [4.78, 5) is 69.1. The number of aliphatic hydroxyl groups is 1. The molecule has 0 bridgehead atoms. The lowest BCUT2D eigenvalue weighted by molar-refractivity contribution is -0.145. The van der Waals surface area contributed by atoms with E-state index >= 15 is 0 Å². The summed E-state index contributed by atoms with van der Waals surface area (Å²) in [6.07, 6.45) is -1.07. The Hall–Kier alpha value is -4.11. The van der Waals surface area contributed by atoms with Gasteiger partial charge in [-0.15, -0.1) is 11.3 Å². The van der Waals surface area contributed by atoms with Crippen molar-refractivity contribution in [2.75, 3.05) is 19.7 Å². The van der Waals surface area contributed by atoms with Crippen molar-refractivity contribution in [3.8, 4) is 16.2 Å². The maximum absolute atomic E-state index is 14.5. The zero-order chi connectivity index (χ0) is 33.8. The van der Waals surface area contributed by atoms with Gasteiger partial charge in [0.05, 0.1) is 28.6 Å². The molecular weight excluding hydrogens is 621 g/mol. The second-order valence-corrected chi connectivity index (χ2v) is 13.6. The van der Waals surface area contributed by atoms with E-state index in [0.717, 1.165) is 16.1 Å². The number of halogens is 1. The second kappa shape index (κ2) is 14.1. The van der Waals surface area contributed by atoms with Gasteiger partial charge in [0.15, 0.2) is 12.3 Å². The van der Waals surface area contributed by atoms with Crippen LogP contribution in [-0.4, -0.2) is 93.2 Å². The Kier molecular flexibility index (Phi) is 10.7. The number of hydrogen-bond acceptors (Lipinski definition) is 9. The number of aliphatic hydroxyl groups excluding tert-OH is 1. The first kappa shape index (κ1) is 34.8. The van der Waals surface area contributed by atoms with Gasteiger partial charge in [-0.2, -0.15) is 0 Å². The first-order chi connectivity index (χ1) is 21.6. The van der Waals surface area contributed by atoms with Crippen LogP contribution in [0.3, 0.4) is 0 Å². The van der Waals surface area contributed by atoms with E-state index in [4.69, 9.17) is 9.84 Å². The summed E-state index contributed by atoms with van der Waals surface area (Å²) in [5, 5.41) is 27.0. The highest BCUT2D eigenvalue weighted by Gasteiger charge is 2.53. The smallest absolute Gasteiger partial charge is 0.305 e.